The van der Waals surface area contributed by atoms with Gasteiger partial charge in [0.2, 0.25) is 0 Å². The number of rotatable bonds is 5. The largest absolute Gasteiger partial charge is 0.492 e. The van der Waals surface area contributed by atoms with Crippen molar-refractivity contribution in [3.63, 3.8) is 0 Å². The molecule has 0 amide bonds. The maximum atomic E-state index is 5.99. The minimum Gasteiger partial charge on any atom is -0.492 e. The van der Waals surface area contributed by atoms with Crippen LogP contribution in [0.4, 0.5) is 0 Å². The fraction of sp³-hybridized carbons (Fsp3) is 0.742. The van der Waals surface area contributed by atoms with E-state index in [1.54, 1.807) is 0 Å². The number of para-hydroxylation sites is 1. The van der Waals surface area contributed by atoms with Gasteiger partial charge < -0.3 is 9.64 Å². The quantitative estimate of drug-likeness (QED) is 0.480. The number of benzene rings is 1. The van der Waals surface area contributed by atoms with Crippen LogP contribution < -0.4 is 4.74 Å². The van der Waals surface area contributed by atoms with E-state index in [2.05, 4.69) is 56.0 Å². The molecule has 3 saturated carbocycles. The first kappa shape index (κ1) is 23.1. The molecular formula is C31H46N2O. The molecule has 0 aromatic heterocycles. The summed E-state index contributed by atoms with van der Waals surface area (Å²) in [6.45, 7) is 8.33. The molecule has 4 aliphatic carbocycles. The normalized spacial score (nSPS) is 43.6. The minimum atomic E-state index is 0.455. The second-order valence-corrected chi connectivity index (χ2v) is 12.9. The molecule has 34 heavy (non-hydrogen) atoms. The fourth-order valence-electron chi connectivity index (χ4n) is 9.83. The molecule has 1 aliphatic heterocycles. The molecule has 0 radical (unpaired) electrons. The van der Waals surface area contributed by atoms with Crippen molar-refractivity contribution in [1.29, 1.82) is 0 Å². The van der Waals surface area contributed by atoms with Crippen LogP contribution in [-0.2, 0) is 0 Å². The molecule has 1 aromatic carbocycles. The highest BCUT2D eigenvalue weighted by Gasteiger charge is 2.63. The van der Waals surface area contributed by atoms with Gasteiger partial charge in [0.1, 0.15) is 12.4 Å². The van der Waals surface area contributed by atoms with Gasteiger partial charge in [0, 0.05) is 25.2 Å². The molecule has 0 bridgehead atoms. The van der Waals surface area contributed by atoms with Gasteiger partial charge >= 0.3 is 0 Å². The smallest absolute Gasteiger partial charge is 0.119 e. The van der Waals surface area contributed by atoms with E-state index in [1.807, 2.05) is 23.8 Å². The summed E-state index contributed by atoms with van der Waals surface area (Å²) in [5.41, 5.74) is 2.91. The number of ether oxygens (including phenoxy) is 1. The third-order valence-electron chi connectivity index (χ3n) is 11.8. The summed E-state index contributed by atoms with van der Waals surface area (Å²) in [6, 6.07) is 11.7. The zero-order valence-corrected chi connectivity index (χ0v) is 22.0. The molecule has 5 aliphatic rings. The number of hydrogen-bond acceptors (Lipinski definition) is 3. The van der Waals surface area contributed by atoms with E-state index in [-0.39, 0.29) is 0 Å². The van der Waals surface area contributed by atoms with Crippen molar-refractivity contribution in [2.24, 2.45) is 34.5 Å². The van der Waals surface area contributed by atoms with E-state index in [9.17, 15) is 0 Å². The van der Waals surface area contributed by atoms with Crippen LogP contribution in [-0.4, -0.2) is 55.7 Å². The van der Waals surface area contributed by atoms with Crippen molar-refractivity contribution in [3.05, 3.63) is 42.0 Å². The average Bonchev–Trinajstić information content (AvgIpc) is 3.32. The Morgan fingerprint density at radius 3 is 2.65 bits per heavy atom. The Morgan fingerprint density at radius 1 is 1.03 bits per heavy atom. The molecule has 8 atom stereocenters. The zero-order valence-electron chi connectivity index (χ0n) is 22.0. The van der Waals surface area contributed by atoms with Gasteiger partial charge in [-0.15, -0.1) is 0 Å². The molecule has 1 spiro atoms. The summed E-state index contributed by atoms with van der Waals surface area (Å²) < 4.78 is 5.99. The molecule has 0 N–H and O–H groups in total. The first-order valence-corrected chi connectivity index (χ1v) is 14.2. The Kier molecular flexibility index (Phi) is 5.88. The summed E-state index contributed by atoms with van der Waals surface area (Å²) in [5.74, 6) is 4.80. The highest BCUT2D eigenvalue weighted by atomic mass is 16.5. The van der Waals surface area contributed by atoms with Crippen molar-refractivity contribution in [2.75, 3.05) is 33.8 Å². The second-order valence-electron chi connectivity index (χ2n) is 12.9. The predicted molar refractivity (Wildman–Crippen MR) is 140 cm³/mol. The molecule has 1 heterocycles. The monoisotopic (exact) mass is 462 g/mol. The molecule has 186 valence electrons. The summed E-state index contributed by atoms with van der Waals surface area (Å²) in [5, 5.41) is 0. The van der Waals surface area contributed by atoms with Crippen LogP contribution in [0.25, 0.3) is 0 Å². The van der Waals surface area contributed by atoms with Crippen LogP contribution in [0.15, 0.2) is 42.0 Å². The average molecular weight is 463 g/mol. The summed E-state index contributed by atoms with van der Waals surface area (Å²) in [7, 11) is 4.71. The van der Waals surface area contributed by atoms with E-state index >= 15 is 0 Å². The van der Waals surface area contributed by atoms with Gasteiger partial charge in [0.15, 0.2) is 0 Å². The molecular weight excluding hydrogens is 416 g/mol. The maximum absolute atomic E-state index is 5.99. The van der Waals surface area contributed by atoms with Crippen LogP contribution in [0.1, 0.15) is 65.2 Å². The van der Waals surface area contributed by atoms with Crippen LogP contribution in [0, 0.1) is 34.5 Å². The number of allylic oxidation sites excluding steroid dienone is 1. The third-order valence-corrected chi connectivity index (χ3v) is 11.8. The summed E-state index contributed by atoms with van der Waals surface area (Å²) >= 11 is 0. The Balaban J connectivity index is 1.12. The Hall–Kier alpha value is -1.32. The Morgan fingerprint density at radius 2 is 1.82 bits per heavy atom. The van der Waals surface area contributed by atoms with Gasteiger partial charge in [-0.3, -0.25) is 4.90 Å². The highest BCUT2D eigenvalue weighted by Crippen LogP contribution is 2.68. The van der Waals surface area contributed by atoms with E-state index in [4.69, 9.17) is 4.74 Å². The summed E-state index contributed by atoms with van der Waals surface area (Å²) in [6.07, 6.45) is 14.1. The number of likely N-dealkylation sites (N-methyl/N-ethyl adjacent to an activating group) is 1. The van der Waals surface area contributed by atoms with Gasteiger partial charge in [0.05, 0.1) is 0 Å². The van der Waals surface area contributed by atoms with E-state index in [0.29, 0.717) is 16.9 Å². The molecule has 3 heteroatoms. The van der Waals surface area contributed by atoms with Crippen molar-refractivity contribution in [1.82, 2.24) is 9.80 Å². The first-order chi connectivity index (χ1) is 16.4. The SMILES string of the molecule is C[C@H]1[C@H]2CC[C@H]3[C@@H]4CC=C5C[C@@H](N(C)CCOc6ccccc6)CC[C@]5(C)[C@H]4CC[C@]23CN1C. The lowest BCUT2D eigenvalue weighted by molar-refractivity contribution is -0.0439. The number of hydrogen-bond donors (Lipinski definition) is 0. The molecule has 3 nitrogen and oxygen atoms in total. The lowest BCUT2D eigenvalue weighted by atomic mass is 9.47. The number of nitrogens with zero attached hydrogens (tertiary/aromatic N) is 2. The van der Waals surface area contributed by atoms with Crippen LogP contribution in [0.5, 0.6) is 5.75 Å². The second kappa shape index (κ2) is 8.66. The van der Waals surface area contributed by atoms with Crippen molar-refractivity contribution in [2.45, 2.75) is 77.3 Å². The first-order valence-electron chi connectivity index (χ1n) is 14.2. The van der Waals surface area contributed by atoms with Gasteiger partial charge in [-0.05, 0) is 119 Å². The van der Waals surface area contributed by atoms with E-state index in [1.165, 1.54) is 57.9 Å². The van der Waals surface area contributed by atoms with E-state index < -0.39 is 0 Å². The molecule has 1 aromatic rings. The third kappa shape index (κ3) is 3.52. The van der Waals surface area contributed by atoms with Gasteiger partial charge in [-0.1, -0.05) is 36.8 Å². The molecule has 6 rings (SSSR count). The Bertz CT molecular complexity index is 913. The Labute approximate surface area is 207 Å². The van der Waals surface area contributed by atoms with Crippen LogP contribution in [0.2, 0.25) is 0 Å². The standard InChI is InChI=1S/C31H46N2O/c1-22-27-12-13-29-26-11-10-23-20-24(32(3)18-19-34-25-8-6-5-7-9-25)14-16-30(23,2)28(26)15-17-31(27,29)21-33(22)4/h5-10,22,24,26-29H,11-21H2,1-4H3/t22-,24-,26+,27+,28-,29-,30-,31-/m0/s1. The van der Waals surface area contributed by atoms with Gasteiger partial charge in [0.25, 0.3) is 0 Å². The predicted octanol–water partition coefficient (Wildman–Crippen LogP) is 6.26. The lowest BCUT2D eigenvalue weighted by Gasteiger charge is -2.58. The van der Waals surface area contributed by atoms with Gasteiger partial charge in [-0.2, -0.15) is 0 Å². The van der Waals surface area contributed by atoms with Crippen LogP contribution >= 0.6 is 0 Å². The molecule has 0 unspecified atom stereocenters. The van der Waals surface area contributed by atoms with Crippen LogP contribution in [0.3, 0.4) is 0 Å². The molecule has 1 saturated heterocycles. The van der Waals surface area contributed by atoms with E-state index in [0.717, 1.165) is 48.6 Å². The minimum absolute atomic E-state index is 0.455. The fourth-order valence-corrected chi connectivity index (χ4v) is 9.83. The molecule has 4 fully saturated rings. The van der Waals surface area contributed by atoms with Gasteiger partial charge in [-0.25, -0.2) is 0 Å². The lowest BCUT2D eigenvalue weighted by Crippen LogP contribution is -2.52. The zero-order chi connectivity index (χ0) is 23.5. The van der Waals surface area contributed by atoms with Crippen molar-refractivity contribution in [3.8, 4) is 5.75 Å². The number of likely N-dealkylation sites (tertiary alicyclic amines) is 1. The topological polar surface area (TPSA) is 15.7 Å². The highest BCUT2D eigenvalue weighted by molar-refractivity contribution is 5.27. The maximum Gasteiger partial charge on any atom is 0.119 e. The summed E-state index contributed by atoms with van der Waals surface area (Å²) in [4.78, 5) is 5.27. The number of fused-ring (bicyclic) bond motifs is 4. The van der Waals surface area contributed by atoms with Crippen molar-refractivity contribution >= 4 is 0 Å². The van der Waals surface area contributed by atoms with Crippen molar-refractivity contribution < 1.29 is 4.74 Å².